The first-order valence-corrected chi connectivity index (χ1v) is 7.64. The summed E-state index contributed by atoms with van der Waals surface area (Å²) in [5.41, 5.74) is 1.18. The zero-order valence-electron chi connectivity index (χ0n) is 10.2. The Labute approximate surface area is 112 Å². The van der Waals surface area contributed by atoms with Crippen LogP contribution in [0.2, 0.25) is 5.02 Å². The summed E-state index contributed by atoms with van der Waals surface area (Å²) < 4.78 is 6.01. The van der Waals surface area contributed by atoms with Crippen LogP contribution in [-0.4, -0.2) is 25.2 Å². The van der Waals surface area contributed by atoms with Gasteiger partial charge in [-0.3, -0.25) is 0 Å². The van der Waals surface area contributed by atoms with Gasteiger partial charge in [0.1, 0.15) is 11.9 Å². The van der Waals surface area contributed by atoms with Crippen LogP contribution < -0.4 is 10.1 Å². The minimum Gasteiger partial charge on any atom is -0.490 e. The van der Waals surface area contributed by atoms with Crippen LogP contribution in [0.5, 0.6) is 5.75 Å². The Bertz CT molecular complexity index is 386. The van der Waals surface area contributed by atoms with Gasteiger partial charge < -0.3 is 10.1 Å². The molecule has 2 atom stereocenters. The van der Waals surface area contributed by atoms with Crippen LogP contribution in [0.25, 0.3) is 0 Å². The van der Waals surface area contributed by atoms with Crippen LogP contribution in [0.4, 0.5) is 0 Å². The SMILES string of the molecule is CNC1CC(CCSC)Oc2ccc(Cl)cc21. The molecule has 0 spiro atoms. The third-order valence-corrected chi connectivity index (χ3v) is 4.01. The lowest BCUT2D eigenvalue weighted by atomic mass is 9.95. The summed E-state index contributed by atoms with van der Waals surface area (Å²) in [6.45, 7) is 0. The van der Waals surface area contributed by atoms with Crippen molar-refractivity contribution in [3.8, 4) is 5.75 Å². The first-order chi connectivity index (χ1) is 8.24. The molecule has 1 aliphatic heterocycles. The van der Waals surface area contributed by atoms with Gasteiger partial charge in [-0.25, -0.2) is 0 Å². The molecular formula is C13H18ClNOS. The Morgan fingerprint density at radius 2 is 2.35 bits per heavy atom. The standard InChI is InChI=1S/C13H18ClNOS/c1-15-12-8-10(5-6-17-2)16-13-4-3-9(14)7-11(12)13/h3-4,7,10,12,15H,5-6,8H2,1-2H3. The minimum atomic E-state index is 0.313. The van der Waals surface area contributed by atoms with E-state index in [-0.39, 0.29) is 0 Å². The molecule has 4 heteroatoms. The van der Waals surface area contributed by atoms with E-state index in [1.54, 1.807) is 0 Å². The van der Waals surface area contributed by atoms with E-state index in [4.69, 9.17) is 16.3 Å². The fourth-order valence-electron chi connectivity index (χ4n) is 2.22. The van der Waals surface area contributed by atoms with Crippen molar-refractivity contribution in [2.75, 3.05) is 19.1 Å². The summed E-state index contributed by atoms with van der Waals surface area (Å²) in [4.78, 5) is 0. The Hall–Kier alpha value is -0.380. The van der Waals surface area contributed by atoms with Gasteiger partial charge in [-0.2, -0.15) is 11.8 Å². The molecular weight excluding hydrogens is 254 g/mol. The maximum atomic E-state index is 6.03. The van der Waals surface area contributed by atoms with Crippen molar-refractivity contribution in [3.63, 3.8) is 0 Å². The number of nitrogens with one attached hydrogen (secondary N) is 1. The molecule has 0 aliphatic carbocycles. The highest BCUT2D eigenvalue weighted by molar-refractivity contribution is 7.98. The first kappa shape index (κ1) is 13.1. The van der Waals surface area contributed by atoms with Gasteiger partial charge in [0.25, 0.3) is 0 Å². The highest BCUT2D eigenvalue weighted by atomic mass is 35.5. The van der Waals surface area contributed by atoms with Crippen molar-refractivity contribution in [1.29, 1.82) is 0 Å². The van der Waals surface area contributed by atoms with E-state index in [0.717, 1.165) is 29.4 Å². The molecule has 0 saturated heterocycles. The maximum absolute atomic E-state index is 6.03. The second-order valence-electron chi connectivity index (χ2n) is 4.28. The average Bonchev–Trinajstić information content (AvgIpc) is 2.35. The molecule has 0 bridgehead atoms. The quantitative estimate of drug-likeness (QED) is 0.906. The summed E-state index contributed by atoms with van der Waals surface area (Å²) >= 11 is 7.90. The van der Waals surface area contributed by atoms with Crippen LogP contribution in [0.15, 0.2) is 18.2 Å². The normalized spacial score (nSPS) is 23.0. The van der Waals surface area contributed by atoms with Gasteiger partial charge in [0.05, 0.1) is 0 Å². The third kappa shape index (κ3) is 3.09. The number of rotatable bonds is 4. The van der Waals surface area contributed by atoms with E-state index in [1.165, 1.54) is 5.56 Å². The fourth-order valence-corrected chi connectivity index (χ4v) is 2.90. The molecule has 1 aromatic carbocycles. The van der Waals surface area contributed by atoms with E-state index in [2.05, 4.69) is 11.6 Å². The summed E-state index contributed by atoms with van der Waals surface area (Å²) in [7, 11) is 1.99. The van der Waals surface area contributed by atoms with Crippen LogP contribution in [0, 0.1) is 0 Å². The number of benzene rings is 1. The number of halogens is 1. The molecule has 1 heterocycles. The zero-order valence-corrected chi connectivity index (χ0v) is 11.8. The topological polar surface area (TPSA) is 21.3 Å². The van der Waals surface area contributed by atoms with Crippen molar-refractivity contribution in [2.24, 2.45) is 0 Å². The lowest BCUT2D eigenvalue weighted by Crippen LogP contribution is -2.31. The third-order valence-electron chi connectivity index (χ3n) is 3.13. The number of fused-ring (bicyclic) bond motifs is 1. The van der Waals surface area contributed by atoms with Crippen LogP contribution in [-0.2, 0) is 0 Å². The highest BCUT2D eigenvalue weighted by Gasteiger charge is 2.27. The Balaban J connectivity index is 2.17. The van der Waals surface area contributed by atoms with Gasteiger partial charge in [-0.15, -0.1) is 0 Å². The van der Waals surface area contributed by atoms with Crippen molar-refractivity contribution in [2.45, 2.75) is 25.0 Å². The molecule has 2 rings (SSSR count). The molecule has 0 amide bonds. The van der Waals surface area contributed by atoms with Gasteiger partial charge in [-0.05, 0) is 43.7 Å². The molecule has 1 N–H and O–H groups in total. The van der Waals surface area contributed by atoms with E-state index in [0.29, 0.717) is 12.1 Å². The highest BCUT2D eigenvalue weighted by Crippen LogP contribution is 2.37. The van der Waals surface area contributed by atoms with Crippen molar-refractivity contribution >= 4 is 23.4 Å². The van der Waals surface area contributed by atoms with Gasteiger partial charge in [-0.1, -0.05) is 11.6 Å². The van der Waals surface area contributed by atoms with E-state index in [1.807, 2.05) is 37.0 Å². The van der Waals surface area contributed by atoms with Gasteiger partial charge in [0.2, 0.25) is 0 Å². The van der Waals surface area contributed by atoms with Crippen LogP contribution in [0.3, 0.4) is 0 Å². The largest absolute Gasteiger partial charge is 0.490 e. The first-order valence-electron chi connectivity index (χ1n) is 5.87. The second-order valence-corrected chi connectivity index (χ2v) is 5.70. The number of hydrogen-bond donors (Lipinski definition) is 1. The van der Waals surface area contributed by atoms with Crippen molar-refractivity contribution < 1.29 is 4.74 Å². The fraction of sp³-hybridized carbons (Fsp3) is 0.538. The lowest BCUT2D eigenvalue weighted by Gasteiger charge is -2.32. The Kier molecular flexibility index (Phi) is 4.60. The molecule has 1 aromatic rings. The molecule has 1 aliphatic rings. The van der Waals surface area contributed by atoms with Crippen LogP contribution >= 0.6 is 23.4 Å². The number of hydrogen-bond acceptors (Lipinski definition) is 3. The minimum absolute atomic E-state index is 0.313. The summed E-state index contributed by atoms with van der Waals surface area (Å²) in [6, 6.07) is 6.23. The summed E-state index contributed by atoms with van der Waals surface area (Å²) in [6.07, 6.45) is 4.56. The number of thioether (sulfide) groups is 1. The van der Waals surface area contributed by atoms with E-state index < -0.39 is 0 Å². The van der Waals surface area contributed by atoms with Gasteiger partial charge in [0.15, 0.2) is 0 Å². The van der Waals surface area contributed by atoms with Crippen molar-refractivity contribution in [3.05, 3.63) is 28.8 Å². The molecule has 2 unspecified atom stereocenters. The molecule has 0 aromatic heterocycles. The monoisotopic (exact) mass is 271 g/mol. The molecule has 17 heavy (non-hydrogen) atoms. The summed E-state index contributed by atoms with van der Waals surface area (Å²) in [5.74, 6) is 2.12. The predicted molar refractivity (Wildman–Crippen MR) is 75.3 cm³/mol. The zero-order chi connectivity index (χ0) is 12.3. The summed E-state index contributed by atoms with van der Waals surface area (Å²) in [5, 5.41) is 4.12. The molecule has 2 nitrogen and oxygen atoms in total. The van der Waals surface area contributed by atoms with E-state index in [9.17, 15) is 0 Å². The average molecular weight is 272 g/mol. The lowest BCUT2D eigenvalue weighted by molar-refractivity contribution is 0.149. The smallest absolute Gasteiger partial charge is 0.124 e. The second kappa shape index (κ2) is 5.98. The molecule has 0 saturated carbocycles. The Morgan fingerprint density at radius 1 is 1.53 bits per heavy atom. The number of ether oxygens (including phenoxy) is 1. The Morgan fingerprint density at radius 3 is 3.06 bits per heavy atom. The molecule has 0 fully saturated rings. The molecule has 94 valence electrons. The van der Waals surface area contributed by atoms with Gasteiger partial charge in [0, 0.05) is 23.0 Å². The van der Waals surface area contributed by atoms with Gasteiger partial charge >= 0.3 is 0 Å². The predicted octanol–water partition coefficient (Wildman–Crippen LogP) is 3.50. The maximum Gasteiger partial charge on any atom is 0.124 e. The molecule has 0 radical (unpaired) electrons. The van der Waals surface area contributed by atoms with Crippen LogP contribution in [0.1, 0.15) is 24.4 Å². The van der Waals surface area contributed by atoms with E-state index >= 15 is 0 Å². The van der Waals surface area contributed by atoms with Crippen molar-refractivity contribution in [1.82, 2.24) is 5.32 Å².